The van der Waals surface area contributed by atoms with Crippen LogP contribution < -0.4 is 5.63 Å². The van der Waals surface area contributed by atoms with Crippen molar-refractivity contribution in [2.24, 2.45) is 5.41 Å². The molecular weight excluding hydrogens is 268 g/mol. The van der Waals surface area contributed by atoms with E-state index in [2.05, 4.69) is 36.7 Å². The lowest BCUT2D eigenvalue weighted by Crippen LogP contribution is -2.31. The summed E-state index contributed by atoms with van der Waals surface area (Å²) < 4.78 is 6.42. The Labute approximate surface area is 103 Å². The van der Waals surface area contributed by atoms with Crippen molar-refractivity contribution in [1.82, 2.24) is 0 Å². The van der Waals surface area contributed by atoms with Gasteiger partial charge < -0.3 is 4.42 Å². The Bertz CT molecular complexity index is 529. The molecule has 0 amide bonds. The highest BCUT2D eigenvalue weighted by molar-refractivity contribution is 9.10. The first-order valence-corrected chi connectivity index (χ1v) is 6.51. The summed E-state index contributed by atoms with van der Waals surface area (Å²) in [4.78, 5) is 11.5. The summed E-state index contributed by atoms with van der Waals surface area (Å²) in [5.74, 6) is 1.44. The molecule has 2 nitrogen and oxygen atoms in total. The van der Waals surface area contributed by atoms with Gasteiger partial charge in [0.05, 0.1) is 0 Å². The van der Waals surface area contributed by atoms with E-state index in [4.69, 9.17) is 4.42 Å². The van der Waals surface area contributed by atoms with Crippen LogP contribution in [0, 0.1) is 5.41 Å². The number of halogens is 1. The average Bonchev–Trinajstić information content (AvgIpc) is 2.48. The molecule has 0 unspecified atom stereocenters. The summed E-state index contributed by atoms with van der Waals surface area (Å²) in [6.45, 7) is 6.81. The lowest BCUT2D eigenvalue weighted by molar-refractivity contribution is 0.201. The van der Waals surface area contributed by atoms with Gasteiger partial charge >= 0.3 is 5.63 Å². The first kappa shape index (κ1) is 10.6. The van der Waals surface area contributed by atoms with Crippen LogP contribution in [0.4, 0.5) is 0 Å². The zero-order valence-corrected chi connectivity index (χ0v) is 11.3. The molecule has 2 aliphatic rings. The minimum atomic E-state index is -0.241. The first-order valence-electron chi connectivity index (χ1n) is 5.72. The number of fused-ring (bicyclic) bond motifs is 5. The third kappa shape index (κ3) is 0.963. The van der Waals surface area contributed by atoms with Crippen LogP contribution in [-0.4, -0.2) is 0 Å². The molecule has 0 spiro atoms. The second-order valence-electron chi connectivity index (χ2n) is 5.80. The third-order valence-corrected chi connectivity index (χ3v) is 5.68. The average molecular weight is 283 g/mol. The van der Waals surface area contributed by atoms with Gasteiger partial charge in [-0.05, 0) is 24.2 Å². The van der Waals surface area contributed by atoms with E-state index in [-0.39, 0.29) is 16.5 Å². The van der Waals surface area contributed by atoms with E-state index in [1.807, 2.05) is 0 Å². The van der Waals surface area contributed by atoms with Crippen molar-refractivity contribution >= 4 is 15.9 Å². The molecule has 3 rings (SSSR count). The highest BCUT2D eigenvalue weighted by Gasteiger charge is 2.62. The Morgan fingerprint density at radius 1 is 1.44 bits per heavy atom. The Kier molecular flexibility index (Phi) is 1.86. The molecule has 1 saturated carbocycles. The molecule has 3 heteroatoms. The summed E-state index contributed by atoms with van der Waals surface area (Å²) >= 11 is 3.52. The van der Waals surface area contributed by atoms with Gasteiger partial charge in [0.25, 0.3) is 0 Å². The largest absolute Gasteiger partial charge is 0.427 e. The number of hydrogen-bond acceptors (Lipinski definition) is 2. The molecule has 0 radical (unpaired) electrons. The van der Waals surface area contributed by atoms with E-state index in [1.165, 1.54) is 12.0 Å². The lowest BCUT2D eigenvalue weighted by Gasteiger charge is -2.33. The molecule has 16 heavy (non-hydrogen) atoms. The number of hydrogen-bond donors (Lipinski definition) is 0. The Morgan fingerprint density at radius 2 is 2.12 bits per heavy atom. The van der Waals surface area contributed by atoms with Crippen molar-refractivity contribution < 1.29 is 4.42 Å². The van der Waals surface area contributed by atoms with Crippen LogP contribution in [0.15, 0.2) is 19.8 Å². The molecule has 0 N–H and O–H groups in total. The van der Waals surface area contributed by atoms with E-state index in [0.29, 0.717) is 5.92 Å². The fourth-order valence-corrected chi connectivity index (χ4v) is 4.26. The van der Waals surface area contributed by atoms with Crippen LogP contribution in [-0.2, 0) is 5.41 Å². The summed E-state index contributed by atoms with van der Waals surface area (Å²) in [5.41, 5.74) is 1.21. The normalized spacial score (nSPS) is 34.1. The third-order valence-electron chi connectivity index (χ3n) is 5.03. The van der Waals surface area contributed by atoms with Gasteiger partial charge in [0.1, 0.15) is 5.76 Å². The van der Waals surface area contributed by atoms with Crippen molar-refractivity contribution in [2.45, 2.75) is 44.9 Å². The molecule has 1 aromatic heterocycles. The van der Waals surface area contributed by atoms with Gasteiger partial charge in [-0.2, -0.15) is 0 Å². The molecule has 1 heterocycles. The van der Waals surface area contributed by atoms with E-state index in [1.54, 1.807) is 6.07 Å². The van der Waals surface area contributed by atoms with Crippen LogP contribution >= 0.6 is 15.9 Å². The van der Waals surface area contributed by atoms with Crippen molar-refractivity contribution in [3.05, 3.63) is 32.3 Å². The summed E-state index contributed by atoms with van der Waals surface area (Å²) in [6, 6.07) is 1.55. The van der Waals surface area contributed by atoms with E-state index < -0.39 is 0 Å². The zero-order chi connectivity index (χ0) is 11.7. The van der Waals surface area contributed by atoms with Crippen LogP contribution in [0.2, 0.25) is 0 Å². The topological polar surface area (TPSA) is 30.2 Å². The predicted octanol–water partition coefficient (Wildman–Crippen LogP) is 3.58. The summed E-state index contributed by atoms with van der Waals surface area (Å²) in [7, 11) is 0. The maximum absolute atomic E-state index is 11.5. The molecule has 86 valence electrons. The van der Waals surface area contributed by atoms with Crippen LogP contribution in [0.5, 0.6) is 0 Å². The molecule has 0 aromatic carbocycles. The van der Waals surface area contributed by atoms with Crippen molar-refractivity contribution in [1.29, 1.82) is 0 Å². The maximum atomic E-state index is 11.5. The Balaban J connectivity index is 2.38. The zero-order valence-electron chi connectivity index (χ0n) is 9.76. The standard InChI is InChI=1S/C13H15BrO2/c1-12(2)7-4-5-13(12,3)11-10(7)8(14)6-9(15)16-11/h6-7H,4-5H2,1-3H3/t7-,13+/m1/s1. The molecule has 2 aliphatic carbocycles. The molecule has 1 fully saturated rings. The van der Waals surface area contributed by atoms with Gasteiger partial charge in [-0.3, -0.25) is 0 Å². The Hall–Kier alpha value is -0.570. The quantitative estimate of drug-likeness (QED) is 0.728. The lowest BCUT2D eigenvalue weighted by atomic mass is 9.70. The maximum Gasteiger partial charge on any atom is 0.337 e. The van der Waals surface area contributed by atoms with Crippen LogP contribution in [0.25, 0.3) is 0 Å². The minimum absolute atomic E-state index is 0.0237. The Morgan fingerprint density at radius 3 is 2.81 bits per heavy atom. The van der Waals surface area contributed by atoms with Gasteiger partial charge in [0.15, 0.2) is 0 Å². The van der Waals surface area contributed by atoms with Gasteiger partial charge in [0.2, 0.25) is 0 Å². The van der Waals surface area contributed by atoms with Gasteiger partial charge in [-0.25, -0.2) is 4.79 Å². The molecule has 2 bridgehead atoms. The summed E-state index contributed by atoms with van der Waals surface area (Å²) in [6.07, 6.45) is 2.32. The predicted molar refractivity (Wildman–Crippen MR) is 65.8 cm³/mol. The second-order valence-corrected chi connectivity index (χ2v) is 6.66. The first-order chi connectivity index (χ1) is 7.38. The van der Waals surface area contributed by atoms with Crippen molar-refractivity contribution in [3.8, 4) is 0 Å². The second kappa shape index (κ2) is 2.81. The van der Waals surface area contributed by atoms with Gasteiger partial charge in [-0.15, -0.1) is 0 Å². The fraction of sp³-hybridized carbons (Fsp3) is 0.615. The molecule has 0 aliphatic heterocycles. The fourth-order valence-electron chi connectivity index (χ4n) is 3.62. The minimum Gasteiger partial charge on any atom is -0.427 e. The van der Waals surface area contributed by atoms with Gasteiger partial charge in [-0.1, -0.05) is 36.7 Å². The van der Waals surface area contributed by atoms with Gasteiger partial charge in [0, 0.05) is 21.5 Å². The highest BCUT2D eigenvalue weighted by atomic mass is 79.9. The van der Waals surface area contributed by atoms with Crippen LogP contribution in [0.1, 0.15) is 50.9 Å². The number of rotatable bonds is 0. The molecule has 2 atom stereocenters. The highest BCUT2D eigenvalue weighted by Crippen LogP contribution is 2.68. The van der Waals surface area contributed by atoms with Crippen molar-refractivity contribution in [2.75, 3.05) is 0 Å². The molecular formula is C13H15BrO2. The smallest absolute Gasteiger partial charge is 0.337 e. The SMILES string of the molecule is CC1(C)[C@@H]2CC[C@@]1(C)c1oc(=O)cc(Br)c12. The van der Waals surface area contributed by atoms with E-state index >= 15 is 0 Å². The van der Waals surface area contributed by atoms with Crippen molar-refractivity contribution in [3.63, 3.8) is 0 Å². The van der Waals surface area contributed by atoms with Crippen LogP contribution in [0.3, 0.4) is 0 Å². The van der Waals surface area contributed by atoms with E-state index in [9.17, 15) is 4.79 Å². The van der Waals surface area contributed by atoms with E-state index in [0.717, 1.165) is 16.7 Å². The molecule has 0 saturated heterocycles. The summed E-state index contributed by atoms with van der Waals surface area (Å²) in [5, 5.41) is 0. The monoisotopic (exact) mass is 282 g/mol. The molecule has 1 aromatic rings.